The fourth-order valence-electron chi connectivity index (χ4n) is 5.01. The summed E-state index contributed by atoms with van der Waals surface area (Å²) in [5.41, 5.74) is 3.63. The number of pyridine rings is 1. The molecule has 2 N–H and O–H groups in total. The van der Waals surface area contributed by atoms with Gasteiger partial charge in [-0.25, -0.2) is 14.8 Å². The fourth-order valence-corrected chi connectivity index (χ4v) is 5.01. The van der Waals surface area contributed by atoms with E-state index in [2.05, 4.69) is 36.7 Å². The van der Waals surface area contributed by atoms with Crippen molar-refractivity contribution in [1.29, 1.82) is 5.26 Å². The van der Waals surface area contributed by atoms with E-state index in [0.717, 1.165) is 29.8 Å². The van der Waals surface area contributed by atoms with Crippen molar-refractivity contribution in [3.8, 4) is 6.07 Å². The Hall–Kier alpha value is -4.40. The second-order valence-electron chi connectivity index (χ2n) is 11.9. The van der Waals surface area contributed by atoms with Gasteiger partial charge in [-0.2, -0.15) is 15.3 Å². The maximum atomic E-state index is 12.8. The number of amides is 1. The molecule has 0 bridgehead atoms. The third-order valence-electron chi connectivity index (χ3n) is 7.33. The standard InChI is InChI=1S/C29H38N10O2/c1-17-12-25(36-37(17)7)33-26-23(38-10-11-39(18(2)16-38)28(40)41-29(4,5)6)15-31-27(35-26)34-24-13-21(20-8-9-20)22(14-30)19(3)32-24/h12-13,15,18,20H,8-11,16H2,1-7H3,(H2,31,32,33,34,35,36). The predicted octanol–water partition coefficient (Wildman–Crippen LogP) is 4.90. The van der Waals surface area contributed by atoms with Gasteiger partial charge in [-0.15, -0.1) is 0 Å². The van der Waals surface area contributed by atoms with Crippen LogP contribution in [0.15, 0.2) is 18.3 Å². The number of rotatable bonds is 6. The summed E-state index contributed by atoms with van der Waals surface area (Å²) in [5, 5.41) is 20.8. The monoisotopic (exact) mass is 558 g/mol. The minimum Gasteiger partial charge on any atom is -0.444 e. The van der Waals surface area contributed by atoms with Crippen molar-refractivity contribution in [2.75, 3.05) is 35.2 Å². The number of aryl methyl sites for hydroxylation is 3. The Labute approximate surface area is 240 Å². The second-order valence-corrected chi connectivity index (χ2v) is 11.9. The minimum atomic E-state index is -0.551. The van der Waals surface area contributed by atoms with Gasteiger partial charge in [0.2, 0.25) is 5.95 Å². The number of piperazine rings is 1. The van der Waals surface area contributed by atoms with Gasteiger partial charge in [0.15, 0.2) is 11.6 Å². The Bertz CT molecular complexity index is 1480. The first-order valence-corrected chi connectivity index (χ1v) is 14.0. The Kier molecular flexibility index (Phi) is 7.46. The Morgan fingerprint density at radius 2 is 1.88 bits per heavy atom. The van der Waals surface area contributed by atoms with Crippen LogP contribution in [0, 0.1) is 25.2 Å². The van der Waals surface area contributed by atoms with Crippen molar-refractivity contribution < 1.29 is 9.53 Å². The molecule has 1 atom stereocenters. The highest BCUT2D eigenvalue weighted by molar-refractivity contribution is 5.73. The van der Waals surface area contributed by atoms with E-state index in [0.29, 0.717) is 60.2 Å². The van der Waals surface area contributed by atoms with Crippen molar-refractivity contribution in [2.45, 2.75) is 71.9 Å². The Morgan fingerprint density at radius 3 is 2.49 bits per heavy atom. The number of aromatic nitrogens is 5. The van der Waals surface area contributed by atoms with Gasteiger partial charge in [0.1, 0.15) is 17.5 Å². The number of carbonyl (C=O) groups excluding carboxylic acids is 1. The van der Waals surface area contributed by atoms with Crippen LogP contribution < -0.4 is 15.5 Å². The van der Waals surface area contributed by atoms with Crippen LogP contribution in [0.25, 0.3) is 0 Å². The van der Waals surface area contributed by atoms with Gasteiger partial charge in [-0.1, -0.05) is 0 Å². The van der Waals surface area contributed by atoms with Crippen LogP contribution in [-0.2, 0) is 11.8 Å². The molecule has 5 rings (SSSR count). The zero-order valence-corrected chi connectivity index (χ0v) is 24.8. The van der Waals surface area contributed by atoms with Crippen LogP contribution in [-0.4, -0.2) is 67.0 Å². The summed E-state index contributed by atoms with van der Waals surface area (Å²) in [7, 11) is 1.89. The number of hydrogen-bond donors (Lipinski definition) is 2. The molecule has 3 aromatic heterocycles. The lowest BCUT2D eigenvalue weighted by Gasteiger charge is -2.41. The van der Waals surface area contributed by atoms with E-state index in [1.807, 2.05) is 60.7 Å². The molecule has 1 saturated carbocycles. The molecule has 12 heteroatoms. The Morgan fingerprint density at radius 1 is 1.12 bits per heavy atom. The summed E-state index contributed by atoms with van der Waals surface area (Å²) in [6.07, 6.45) is 3.64. The molecule has 1 aliphatic heterocycles. The lowest BCUT2D eigenvalue weighted by atomic mass is 10.0. The maximum absolute atomic E-state index is 12.8. The van der Waals surface area contributed by atoms with Gasteiger partial charge in [0.05, 0.1) is 23.1 Å². The topological polar surface area (TPSA) is 137 Å². The summed E-state index contributed by atoms with van der Waals surface area (Å²) in [4.78, 5) is 30.8. The van der Waals surface area contributed by atoms with Gasteiger partial charge in [0, 0.05) is 44.5 Å². The van der Waals surface area contributed by atoms with Gasteiger partial charge >= 0.3 is 6.09 Å². The third-order valence-corrected chi connectivity index (χ3v) is 7.33. The molecule has 4 heterocycles. The number of ether oxygens (including phenoxy) is 1. The van der Waals surface area contributed by atoms with Crippen molar-refractivity contribution in [2.24, 2.45) is 7.05 Å². The van der Waals surface area contributed by atoms with Gasteiger partial charge in [-0.3, -0.25) is 4.68 Å². The highest BCUT2D eigenvalue weighted by Gasteiger charge is 2.32. The molecule has 3 aromatic rings. The number of nitrogens with one attached hydrogen (secondary N) is 2. The lowest BCUT2D eigenvalue weighted by molar-refractivity contribution is 0.0159. The molecule has 1 aliphatic carbocycles. The lowest BCUT2D eigenvalue weighted by Crippen LogP contribution is -2.55. The van der Waals surface area contributed by atoms with Crippen LogP contribution >= 0.6 is 0 Å². The zero-order chi connectivity index (χ0) is 29.5. The fraction of sp³-hybridized carbons (Fsp3) is 0.517. The van der Waals surface area contributed by atoms with E-state index in [1.165, 1.54) is 0 Å². The van der Waals surface area contributed by atoms with Crippen LogP contribution in [0.4, 0.5) is 33.9 Å². The molecule has 216 valence electrons. The molecule has 41 heavy (non-hydrogen) atoms. The number of nitrogens with zero attached hydrogens (tertiary/aromatic N) is 8. The molecule has 0 radical (unpaired) electrons. The maximum Gasteiger partial charge on any atom is 0.410 e. The van der Waals surface area contributed by atoms with Crippen molar-refractivity contribution >= 4 is 35.2 Å². The molecule has 0 aromatic carbocycles. The normalized spacial score (nSPS) is 17.3. The largest absolute Gasteiger partial charge is 0.444 e. The quantitative estimate of drug-likeness (QED) is 0.429. The molecule has 1 amide bonds. The first-order chi connectivity index (χ1) is 19.4. The molecule has 2 fully saturated rings. The van der Waals surface area contributed by atoms with E-state index >= 15 is 0 Å². The average Bonchev–Trinajstić information content (AvgIpc) is 3.68. The molecule has 0 spiro atoms. The average molecular weight is 559 g/mol. The molecule has 12 nitrogen and oxygen atoms in total. The van der Waals surface area contributed by atoms with E-state index in [1.54, 1.807) is 15.8 Å². The van der Waals surface area contributed by atoms with Crippen molar-refractivity contribution in [1.82, 2.24) is 29.6 Å². The van der Waals surface area contributed by atoms with Gasteiger partial charge < -0.3 is 25.2 Å². The van der Waals surface area contributed by atoms with E-state index in [9.17, 15) is 10.1 Å². The van der Waals surface area contributed by atoms with Crippen LogP contribution in [0.2, 0.25) is 0 Å². The number of anilines is 5. The first-order valence-electron chi connectivity index (χ1n) is 14.0. The van der Waals surface area contributed by atoms with Crippen molar-refractivity contribution in [3.63, 3.8) is 0 Å². The van der Waals surface area contributed by atoms with Crippen LogP contribution in [0.5, 0.6) is 0 Å². The van der Waals surface area contributed by atoms with Gasteiger partial charge in [-0.05, 0) is 71.9 Å². The summed E-state index contributed by atoms with van der Waals surface area (Å²) >= 11 is 0. The predicted molar refractivity (Wildman–Crippen MR) is 157 cm³/mol. The van der Waals surface area contributed by atoms with Crippen LogP contribution in [0.1, 0.15) is 69.0 Å². The minimum absolute atomic E-state index is 0.0759. The number of hydrogen-bond acceptors (Lipinski definition) is 10. The summed E-state index contributed by atoms with van der Waals surface area (Å²) in [6, 6.07) is 6.12. The smallest absolute Gasteiger partial charge is 0.410 e. The van der Waals surface area contributed by atoms with Gasteiger partial charge in [0.25, 0.3) is 0 Å². The molecule has 2 aliphatic rings. The molecule has 1 unspecified atom stereocenters. The number of carbonyl (C=O) groups is 1. The SMILES string of the molecule is Cc1nc(Nc2ncc(N3CCN(C(=O)OC(C)(C)C)C(C)C3)c(Nc3cc(C)n(C)n3)n2)cc(C2CC2)c1C#N. The van der Waals surface area contributed by atoms with Crippen LogP contribution in [0.3, 0.4) is 0 Å². The second kappa shape index (κ2) is 10.9. The zero-order valence-electron chi connectivity index (χ0n) is 24.8. The molecular formula is C29H38N10O2. The van der Waals surface area contributed by atoms with E-state index in [-0.39, 0.29) is 12.1 Å². The highest BCUT2D eigenvalue weighted by Crippen LogP contribution is 2.43. The van der Waals surface area contributed by atoms with Crippen molar-refractivity contribution in [3.05, 3.63) is 40.8 Å². The van der Waals surface area contributed by atoms with E-state index in [4.69, 9.17) is 9.72 Å². The first kappa shape index (κ1) is 28.1. The third kappa shape index (κ3) is 6.34. The molecule has 1 saturated heterocycles. The summed E-state index contributed by atoms with van der Waals surface area (Å²) < 4.78 is 7.41. The summed E-state index contributed by atoms with van der Waals surface area (Å²) in [6.45, 7) is 13.2. The number of nitriles is 1. The summed E-state index contributed by atoms with van der Waals surface area (Å²) in [5.74, 6) is 2.64. The Balaban J connectivity index is 1.42. The highest BCUT2D eigenvalue weighted by atomic mass is 16.6. The molecular weight excluding hydrogens is 520 g/mol. The van der Waals surface area contributed by atoms with E-state index < -0.39 is 5.60 Å².